The normalized spacial score (nSPS) is 20.7. The fourth-order valence-corrected chi connectivity index (χ4v) is 3.88. The second kappa shape index (κ2) is 8.53. The molecular formula is C17H24N4O3S. The molecule has 1 aromatic heterocycles. The lowest BCUT2D eigenvalue weighted by Gasteiger charge is -2.15. The van der Waals surface area contributed by atoms with E-state index in [1.165, 1.54) is 29.8 Å². The van der Waals surface area contributed by atoms with Crippen LogP contribution in [-0.2, 0) is 20.9 Å². The van der Waals surface area contributed by atoms with Crippen molar-refractivity contribution in [2.75, 3.05) is 24.6 Å². The fraction of sp³-hybridized carbons (Fsp3) is 0.647. The predicted molar refractivity (Wildman–Crippen MR) is 95.3 cm³/mol. The van der Waals surface area contributed by atoms with Crippen molar-refractivity contribution in [3.63, 3.8) is 0 Å². The van der Waals surface area contributed by atoms with Crippen molar-refractivity contribution < 1.29 is 14.3 Å². The van der Waals surface area contributed by atoms with Crippen LogP contribution in [0.2, 0.25) is 0 Å². The fourth-order valence-electron chi connectivity index (χ4n) is 3.08. The van der Waals surface area contributed by atoms with Crippen molar-refractivity contribution in [3.8, 4) is 0 Å². The molecule has 1 atom stereocenters. The molecule has 2 heterocycles. The highest BCUT2D eigenvalue weighted by Crippen LogP contribution is 2.28. The average Bonchev–Trinajstić information content (AvgIpc) is 3.25. The van der Waals surface area contributed by atoms with Gasteiger partial charge in [0, 0.05) is 26.1 Å². The highest BCUT2D eigenvalue weighted by atomic mass is 32.1. The van der Waals surface area contributed by atoms with E-state index in [1.54, 1.807) is 4.90 Å². The number of nitrogens with one attached hydrogen (secondary N) is 1. The van der Waals surface area contributed by atoms with Crippen LogP contribution < -0.4 is 10.2 Å². The first kappa shape index (κ1) is 18.0. The summed E-state index contributed by atoms with van der Waals surface area (Å²) in [5, 5.41) is 12.4. The summed E-state index contributed by atoms with van der Waals surface area (Å²) in [5.41, 5.74) is 1.30. The van der Waals surface area contributed by atoms with Gasteiger partial charge >= 0.3 is 0 Å². The molecule has 1 fully saturated rings. The number of carbonyl (C=O) groups excluding carboxylic acids is 2. The molecular weight excluding hydrogens is 340 g/mol. The van der Waals surface area contributed by atoms with Gasteiger partial charge in [0.25, 0.3) is 0 Å². The molecule has 1 aliphatic carbocycles. The van der Waals surface area contributed by atoms with Crippen LogP contribution in [0.15, 0.2) is 11.6 Å². The first-order chi connectivity index (χ1) is 12.2. The molecule has 1 unspecified atom stereocenters. The molecule has 0 aromatic carbocycles. The average molecular weight is 364 g/mol. The van der Waals surface area contributed by atoms with Crippen molar-refractivity contribution in [3.05, 3.63) is 16.7 Å². The smallest absolute Gasteiger partial charge is 0.229 e. The van der Waals surface area contributed by atoms with E-state index in [-0.39, 0.29) is 24.2 Å². The molecule has 25 heavy (non-hydrogen) atoms. The Morgan fingerprint density at radius 1 is 1.44 bits per heavy atom. The van der Waals surface area contributed by atoms with Crippen molar-refractivity contribution in [2.24, 2.45) is 5.92 Å². The quantitative estimate of drug-likeness (QED) is 0.749. The molecule has 0 radical (unpaired) electrons. The summed E-state index contributed by atoms with van der Waals surface area (Å²) in [6.07, 6.45) is 7.03. The summed E-state index contributed by atoms with van der Waals surface area (Å²) in [5.74, 6) is -0.451. The zero-order valence-electron chi connectivity index (χ0n) is 14.5. The number of hydrogen-bond acceptors (Lipinski definition) is 6. The van der Waals surface area contributed by atoms with Gasteiger partial charge < -0.3 is 10.1 Å². The molecule has 7 nitrogen and oxygen atoms in total. The number of anilines is 1. The summed E-state index contributed by atoms with van der Waals surface area (Å²) < 4.78 is 5.31. The van der Waals surface area contributed by atoms with Crippen LogP contribution in [-0.4, -0.2) is 41.7 Å². The Bertz CT molecular complexity index is 658. The lowest BCUT2D eigenvalue weighted by Crippen LogP contribution is -2.34. The maximum Gasteiger partial charge on any atom is 0.229 e. The molecule has 1 saturated heterocycles. The highest BCUT2D eigenvalue weighted by molar-refractivity contribution is 7.15. The van der Waals surface area contributed by atoms with Crippen molar-refractivity contribution in [1.29, 1.82) is 0 Å². The van der Waals surface area contributed by atoms with Crippen LogP contribution in [0.5, 0.6) is 0 Å². The van der Waals surface area contributed by atoms with E-state index < -0.39 is 0 Å². The second-order valence-corrected chi connectivity index (χ2v) is 7.39. The van der Waals surface area contributed by atoms with Crippen LogP contribution >= 0.6 is 11.3 Å². The second-order valence-electron chi connectivity index (χ2n) is 6.35. The van der Waals surface area contributed by atoms with E-state index >= 15 is 0 Å². The summed E-state index contributed by atoms with van der Waals surface area (Å²) in [6, 6.07) is 0. The SMILES string of the molecule is CCOCc1nnc(N2CC(C(=O)NCC3=CCCCC3)CC2=O)s1. The molecule has 136 valence electrons. The molecule has 0 spiro atoms. The number of rotatable bonds is 7. The standard InChI is InChI=1S/C17H24N4O3S/c1-2-24-11-14-19-20-17(25-14)21-10-13(8-15(21)22)16(23)18-9-12-6-4-3-5-7-12/h6,13H,2-5,7-11H2,1H3,(H,18,23). The Balaban J connectivity index is 1.53. The van der Waals surface area contributed by atoms with Gasteiger partial charge in [0.15, 0.2) is 0 Å². The largest absolute Gasteiger partial charge is 0.374 e. The molecule has 0 bridgehead atoms. The topological polar surface area (TPSA) is 84.4 Å². The number of aromatic nitrogens is 2. The van der Waals surface area contributed by atoms with E-state index in [2.05, 4.69) is 21.6 Å². The van der Waals surface area contributed by atoms with Gasteiger partial charge in [-0.3, -0.25) is 14.5 Å². The molecule has 0 saturated carbocycles. The number of allylic oxidation sites excluding steroid dienone is 1. The molecule has 1 N–H and O–H groups in total. The van der Waals surface area contributed by atoms with Gasteiger partial charge in [-0.25, -0.2) is 0 Å². The molecule has 2 amide bonds. The zero-order chi connectivity index (χ0) is 17.6. The molecule has 1 aromatic rings. The Morgan fingerprint density at radius 3 is 3.08 bits per heavy atom. The maximum absolute atomic E-state index is 12.4. The third-order valence-corrected chi connectivity index (χ3v) is 5.41. The van der Waals surface area contributed by atoms with Gasteiger partial charge in [0.2, 0.25) is 16.9 Å². The first-order valence-corrected chi connectivity index (χ1v) is 9.65. The van der Waals surface area contributed by atoms with E-state index in [4.69, 9.17) is 4.74 Å². The summed E-state index contributed by atoms with van der Waals surface area (Å²) >= 11 is 1.34. The van der Waals surface area contributed by atoms with Gasteiger partial charge in [-0.2, -0.15) is 0 Å². The number of hydrogen-bond donors (Lipinski definition) is 1. The van der Waals surface area contributed by atoms with Crippen molar-refractivity contribution in [1.82, 2.24) is 15.5 Å². The predicted octanol–water partition coefficient (Wildman–Crippen LogP) is 2.04. The summed E-state index contributed by atoms with van der Waals surface area (Å²) in [6.45, 7) is 3.89. The molecule has 2 aliphatic rings. The van der Waals surface area contributed by atoms with Crippen molar-refractivity contribution >= 4 is 28.3 Å². The number of ether oxygens (including phenoxy) is 1. The lowest BCUT2D eigenvalue weighted by molar-refractivity contribution is -0.126. The van der Waals surface area contributed by atoms with E-state index in [9.17, 15) is 9.59 Å². The third-order valence-electron chi connectivity index (χ3n) is 4.49. The minimum absolute atomic E-state index is 0.0543. The van der Waals surface area contributed by atoms with Crippen LogP contribution in [0.4, 0.5) is 5.13 Å². The molecule has 3 rings (SSSR count). The van der Waals surface area contributed by atoms with Gasteiger partial charge in [-0.15, -0.1) is 10.2 Å². The van der Waals surface area contributed by atoms with E-state index in [1.807, 2.05) is 6.92 Å². The Hall–Kier alpha value is -1.80. The van der Waals surface area contributed by atoms with Crippen LogP contribution in [0.1, 0.15) is 44.0 Å². The molecule has 8 heteroatoms. The molecule has 1 aliphatic heterocycles. The maximum atomic E-state index is 12.4. The number of amides is 2. The van der Waals surface area contributed by atoms with E-state index in [0.29, 0.717) is 31.4 Å². The first-order valence-electron chi connectivity index (χ1n) is 8.83. The van der Waals surface area contributed by atoms with Crippen LogP contribution in [0.3, 0.4) is 0 Å². The Kier molecular flexibility index (Phi) is 6.14. The van der Waals surface area contributed by atoms with Gasteiger partial charge in [0.1, 0.15) is 11.6 Å². The Labute approximate surface area is 151 Å². The van der Waals surface area contributed by atoms with E-state index in [0.717, 1.165) is 17.8 Å². The zero-order valence-corrected chi connectivity index (χ0v) is 15.3. The minimum atomic E-state index is -0.323. The van der Waals surface area contributed by atoms with Crippen molar-refractivity contribution in [2.45, 2.75) is 45.6 Å². The lowest BCUT2D eigenvalue weighted by atomic mass is 9.99. The Morgan fingerprint density at radius 2 is 2.32 bits per heavy atom. The summed E-state index contributed by atoms with van der Waals surface area (Å²) in [7, 11) is 0. The number of carbonyl (C=O) groups is 2. The highest BCUT2D eigenvalue weighted by Gasteiger charge is 2.36. The van der Waals surface area contributed by atoms with Crippen LogP contribution in [0, 0.1) is 5.92 Å². The van der Waals surface area contributed by atoms with Crippen LogP contribution in [0.25, 0.3) is 0 Å². The minimum Gasteiger partial charge on any atom is -0.374 e. The van der Waals surface area contributed by atoms with Gasteiger partial charge in [-0.1, -0.05) is 23.0 Å². The summed E-state index contributed by atoms with van der Waals surface area (Å²) in [4.78, 5) is 26.2. The monoisotopic (exact) mass is 364 g/mol. The number of nitrogens with zero attached hydrogens (tertiary/aromatic N) is 3. The van der Waals surface area contributed by atoms with Gasteiger partial charge in [0.05, 0.1) is 5.92 Å². The third kappa shape index (κ3) is 4.64. The van der Waals surface area contributed by atoms with Gasteiger partial charge in [-0.05, 0) is 32.6 Å².